The Kier molecular flexibility index (Phi) is 2.48. The van der Waals surface area contributed by atoms with Crippen LogP contribution in [-0.2, 0) is 6.42 Å². The number of hydrogen-bond donors (Lipinski definition) is 1. The first kappa shape index (κ1) is 10.8. The van der Waals surface area contributed by atoms with Crippen LogP contribution in [0.15, 0.2) is 42.6 Å². The van der Waals surface area contributed by atoms with Gasteiger partial charge in [0.15, 0.2) is 17.2 Å². The smallest absolute Gasteiger partial charge is 0.197 e. The minimum absolute atomic E-state index is 0.154. The number of aromatic nitrogens is 3. The van der Waals surface area contributed by atoms with Crippen molar-refractivity contribution in [3.05, 3.63) is 59.5 Å². The van der Waals surface area contributed by atoms with Gasteiger partial charge < -0.3 is 5.11 Å². The van der Waals surface area contributed by atoms with E-state index in [-0.39, 0.29) is 5.75 Å². The van der Waals surface area contributed by atoms with E-state index < -0.39 is 0 Å². The fraction of sp³-hybridized carbons (Fsp3) is 0.143. The molecule has 0 bridgehead atoms. The van der Waals surface area contributed by atoms with Gasteiger partial charge in [-0.05, 0) is 30.2 Å². The van der Waals surface area contributed by atoms with Gasteiger partial charge in [-0.3, -0.25) is 0 Å². The van der Waals surface area contributed by atoms with Crippen molar-refractivity contribution in [3.8, 4) is 5.75 Å². The molecular weight excluding hydrogens is 226 g/mol. The Morgan fingerprint density at radius 1 is 1.17 bits per heavy atom. The third-order valence-electron chi connectivity index (χ3n) is 3.00. The summed E-state index contributed by atoms with van der Waals surface area (Å²) in [5, 5.41) is 14.0. The van der Waals surface area contributed by atoms with Crippen molar-refractivity contribution in [2.24, 2.45) is 0 Å². The van der Waals surface area contributed by atoms with Gasteiger partial charge in [0, 0.05) is 12.6 Å². The maximum atomic E-state index is 9.68. The van der Waals surface area contributed by atoms with E-state index >= 15 is 0 Å². The molecule has 0 saturated carbocycles. The normalized spacial score (nSPS) is 10.9. The molecular formula is C14H13N3O. The second kappa shape index (κ2) is 4.14. The predicted molar refractivity (Wildman–Crippen MR) is 68.6 cm³/mol. The first-order valence-corrected chi connectivity index (χ1v) is 5.82. The molecule has 4 nitrogen and oxygen atoms in total. The number of aromatic hydroxyl groups is 1. The molecule has 2 aromatic heterocycles. The first-order valence-electron chi connectivity index (χ1n) is 5.82. The molecule has 0 amide bonds. The molecule has 3 rings (SSSR count). The van der Waals surface area contributed by atoms with Crippen molar-refractivity contribution in [1.29, 1.82) is 0 Å². The highest BCUT2D eigenvalue weighted by atomic mass is 16.3. The Bertz CT molecular complexity index is 703. The fourth-order valence-corrected chi connectivity index (χ4v) is 1.99. The Balaban J connectivity index is 2.01. The van der Waals surface area contributed by atoms with Crippen LogP contribution in [0.25, 0.3) is 5.65 Å². The van der Waals surface area contributed by atoms with Gasteiger partial charge in [0.2, 0.25) is 0 Å². The third-order valence-corrected chi connectivity index (χ3v) is 3.00. The molecule has 0 aliphatic carbocycles. The molecule has 0 aliphatic heterocycles. The average molecular weight is 239 g/mol. The van der Waals surface area contributed by atoms with E-state index in [0.717, 1.165) is 0 Å². The summed E-state index contributed by atoms with van der Waals surface area (Å²) in [7, 11) is 0. The van der Waals surface area contributed by atoms with Gasteiger partial charge in [-0.25, -0.2) is 9.50 Å². The lowest BCUT2D eigenvalue weighted by atomic mass is 10.1. The number of aryl methyl sites for hydroxylation is 1. The van der Waals surface area contributed by atoms with Crippen molar-refractivity contribution >= 4 is 5.65 Å². The van der Waals surface area contributed by atoms with Crippen LogP contribution in [0, 0.1) is 6.92 Å². The summed E-state index contributed by atoms with van der Waals surface area (Å²) in [6.07, 6.45) is 2.46. The third kappa shape index (κ3) is 1.82. The van der Waals surface area contributed by atoms with Gasteiger partial charge in [-0.2, -0.15) is 5.10 Å². The van der Waals surface area contributed by atoms with Crippen LogP contribution in [0.2, 0.25) is 0 Å². The van der Waals surface area contributed by atoms with Crippen molar-refractivity contribution in [2.45, 2.75) is 13.3 Å². The lowest BCUT2D eigenvalue weighted by Gasteiger charge is -2.01. The summed E-state index contributed by atoms with van der Waals surface area (Å²) < 4.78 is 1.60. The highest BCUT2D eigenvalue weighted by Gasteiger charge is 2.08. The van der Waals surface area contributed by atoms with Gasteiger partial charge in [-0.1, -0.05) is 24.3 Å². The van der Waals surface area contributed by atoms with Crippen LogP contribution < -0.4 is 0 Å². The number of benzene rings is 1. The van der Waals surface area contributed by atoms with Gasteiger partial charge in [0.05, 0.1) is 0 Å². The quantitative estimate of drug-likeness (QED) is 0.746. The standard InChI is InChI=1S/C14H13N3O/c1-10-5-2-3-6-11(10)9-13-15-14-12(18)7-4-8-17(14)16-13/h2-8,18H,9H2,1H3. The minimum atomic E-state index is 0.154. The first-order chi connectivity index (χ1) is 8.74. The van der Waals surface area contributed by atoms with Crippen molar-refractivity contribution in [1.82, 2.24) is 14.6 Å². The summed E-state index contributed by atoms with van der Waals surface area (Å²) >= 11 is 0. The Morgan fingerprint density at radius 3 is 2.78 bits per heavy atom. The zero-order chi connectivity index (χ0) is 12.5. The van der Waals surface area contributed by atoms with Crippen molar-refractivity contribution in [3.63, 3.8) is 0 Å². The lowest BCUT2D eigenvalue weighted by Crippen LogP contribution is -1.94. The molecule has 0 atom stereocenters. The SMILES string of the molecule is Cc1ccccc1Cc1nc2c(O)cccn2n1. The summed E-state index contributed by atoms with van der Waals surface area (Å²) in [5.41, 5.74) is 2.93. The highest BCUT2D eigenvalue weighted by Crippen LogP contribution is 2.17. The Labute approximate surface area is 105 Å². The van der Waals surface area contributed by atoms with Gasteiger partial charge in [-0.15, -0.1) is 0 Å². The van der Waals surface area contributed by atoms with Crippen LogP contribution in [0.1, 0.15) is 17.0 Å². The molecule has 0 saturated heterocycles. The van der Waals surface area contributed by atoms with Gasteiger partial charge >= 0.3 is 0 Å². The number of pyridine rings is 1. The maximum Gasteiger partial charge on any atom is 0.197 e. The molecule has 4 heteroatoms. The zero-order valence-electron chi connectivity index (χ0n) is 10.0. The predicted octanol–water partition coefficient (Wildman–Crippen LogP) is 2.33. The summed E-state index contributed by atoms with van der Waals surface area (Å²) in [4.78, 5) is 4.35. The van der Waals surface area contributed by atoms with Gasteiger partial charge in [0.25, 0.3) is 0 Å². The Hall–Kier alpha value is -2.36. The number of hydrogen-bond acceptors (Lipinski definition) is 3. The van der Waals surface area contributed by atoms with Crippen molar-refractivity contribution < 1.29 is 5.11 Å². The van der Waals surface area contributed by atoms with E-state index in [2.05, 4.69) is 29.1 Å². The summed E-state index contributed by atoms with van der Waals surface area (Å²) in [6, 6.07) is 11.5. The van der Waals surface area contributed by atoms with Gasteiger partial charge in [0.1, 0.15) is 0 Å². The van der Waals surface area contributed by atoms with E-state index in [4.69, 9.17) is 0 Å². The minimum Gasteiger partial charge on any atom is -0.504 e. The summed E-state index contributed by atoms with van der Waals surface area (Å²) in [6.45, 7) is 2.07. The van der Waals surface area contributed by atoms with Crippen LogP contribution in [0.4, 0.5) is 0 Å². The van der Waals surface area contributed by atoms with E-state index in [1.165, 1.54) is 11.1 Å². The topological polar surface area (TPSA) is 50.4 Å². The monoisotopic (exact) mass is 239 g/mol. The molecule has 0 aliphatic rings. The van der Waals surface area contributed by atoms with E-state index in [1.807, 2.05) is 12.1 Å². The maximum absolute atomic E-state index is 9.68. The second-order valence-electron chi connectivity index (χ2n) is 4.29. The molecule has 0 fully saturated rings. The lowest BCUT2D eigenvalue weighted by molar-refractivity contribution is 0.477. The molecule has 2 heterocycles. The number of fused-ring (bicyclic) bond motifs is 1. The van der Waals surface area contributed by atoms with Crippen LogP contribution >= 0.6 is 0 Å². The Morgan fingerprint density at radius 2 is 2.00 bits per heavy atom. The highest BCUT2D eigenvalue weighted by molar-refractivity contribution is 5.51. The molecule has 0 unspecified atom stereocenters. The number of nitrogens with zero attached hydrogens (tertiary/aromatic N) is 3. The molecule has 1 aromatic carbocycles. The van der Waals surface area contributed by atoms with Crippen molar-refractivity contribution in [2.75, 3.05) is 0 Å². The van der Waals surface area contributed by atoms with E-state index in [0.29, 0.717) is 17.9 Å². The molecule has 0 radical (unpaired) electrons. The fourth-order valence-electron chi connectivity index (χ4n) is 1.99. The molecule has 3 aromatic rings. The van der Waals surface area contributed by atoms with E-state index in [9.17, 15) is 5.11 Å². The van der Waals surface area contributed by atoms with Crippen LogP contribution in [0.3, 0.4) is 0 Å². The largest absolute Gasteiger partial charge is 0.504 e. The molecule has 0 spiro atoms. The molecule has 90 valence electrons. The zero-order valence-corrected chi connectivity index (χ0v) is 10.0. The van der Waals surface area contributed by atoms with Crippen LogP contribution in [-0.4, -0.2) is 19.7 Å². The second-order valence-corrected chi connectivity index (χ2v) is 4.29. The molecule has 18 heavy (non-hydrogen) atoms. The molecule has 1 N–H and O–H groups in total. The van der Waals surface area contributed by atoms with E-state index in [1.54, 1.807) is 22.8 Å². The van der Waals surface area contributed by atoms with Crippen LogP contribution in [0.5, 0.6) is 5.75 Å². The summed E-state index contributed by atoms with van der Waals surface area (Å²) in [5.74, 6) is 0.867. The number of rotatable bonds is 2. The average Bonchev–Trinajstić information content (AvgIpc) is 2.76.